The molecule has 0 bridgehead atoms. The minimum Gasteiger partial charge on any atom is -0.465 e. The van der Waals surface area contributed by atoms with Crippen molar-refractivity contribution in [2.45, 2.75) is 0 Å². The highest BCUT2D eigenvalue weighted by Gasteiger charge is 2.10. The van der Waals surface area contributed by atoms with Gasteiger partial charge in [0, 0.05) is 0 Å². The molecule has 3 rings (SSSR count). The lowest BCUT2D eigenvalue weighted by Crippen LogP contribution is -1.86. The summed E-state index contributed by atoms with van der Waals surface area (Å²) in [6.07, 6.45) is 3.04. The molecule has 0 amide bonds. The van der Waals surface area contributed by atoms with Crippen molar-refractivity contribution >= 4 is 0 Å². The predicted molar refractivity (Wildman–Crippen MR) is 71.7 cm³/mol. The summed E-state index contributed by atoms with van der Waals surface area (Å²) in [6, 6.07) is 19.0. The lowest BCUT2D eigenvalue weighted by molar-refractivity contribution is 0.422. The summed E-state index contributed by atoms with van der Waals surface area (Å²) in [5, 5.41) is 0. The summed E-state index contributed by atoms with van der Waals surface area (Å²) in [7, 11) is 0. The fourth-order valence-electron chi connectivity index (χ4n) is 1.65. The van der Waals surface area contributed by atoms with Crippen LogP contribution in [-0.4, -0.2) is 0 Å². The van der Waals surface area contributed by atoms with Gasteiger partial charge in [0.15, 0.2) is 0 Å². The zero-order valence-corrected chi connectivity index (χ0v) is 10.2. The monoisotopic (exact) mass is 252 g/mol. The summed E-state index contributed by atoms with van der Waals surface area (Å²) in [5.74, 6) is 2.58. The van der Waals surface area contributed by atoms with E-state index in [4.69, 9.17) is 13.9 Å². The molecule has 0 atom stereocenters. The van der Waals surface area contributed by atoms with Gasteiger partial charge in [0.25, 0.3) is 0 Å². The quantitative estimate of drug-likeness (QED) is 0.664. The van der Waals surface area contributed by atoms with Crippen LogP contribution in [0, 0.1) is 0 Å². The Morgan fingerprint density at radius 2 is 1.00 bits per heavy atom. The first kappa shape index (κ1) is 11.4. The van der Waals surface area contributed by atoms with Gasteiger partial charge >= 0.3 is 0 Å². The number of hydrogen-bond acceptors (Lipinski definition) is 3. The Bertz CT molecular complexity index is 573. The van der Waals surface area contributed by atoms with Crippen molar-refractivity contribution in [1.29, 1.82) is 0 Å². The van der Waals surface area contributed by atoms with Crippen LogP contribution in [-0.2, 0) is 0 Å². The minimum absolute atomic E-state index is 0.551. The van der Waals surface area contributed by atoms with Crippen LogP contribution in [0.3, 0.4) is 0 Å². The molecule has 0 radical (unpaired) electrons. The van der Waals surface area contributed by atoms with Gasteiger partial charge in [-0.05, 0) is 24.3 Å². The van der Waals surface area contributed by atoms with Gasteiger partial charge in [-0.1, -0.05) is 36.4 Å². The van der Waals surface area contributed by atoms with E-state index in [1.54, 1.807) is 0 Å². The molecule has 1 aromatic heterocycles. The molecule has 3 nitrogen and oxygen atoms in total. The third-order valence-corrected chi connectivity index (χ3v) is 2.54. The molecule has 3 aromatic rings. The van der Waals surface area contributed by atoms with Crippen molar-refractivity contribution in [3.05, 3.63) is 73.2 Å². The summed E-state index contributed by atoms with van der Waals surface area (Å²) in [6.45, 7) is 0. The Morgan fingerprint density at radius 1 is 0.579 bits per heavy atom. The average molecular weight is 252 g/mol. The zero-order chi connectivity index (χ0) is 12.9. The zero-order valence-electron chi connectivity index (χ0n) is 10.2. The van der Waals surface area contributed by atoms with E-state index in [2.05, 4.69) is 0 Å². The maximum absolute atomic E-state index is 5.70. The molecule has 19 heavy (non-hydrogen) atoms. The van der Waals surface area contributed by atoms with Gasteiger partial charge in [-0.15, -0.1) is 0 Å². The van der Waals surface area contributed by atoms with Gasteiger partial charge in [-0.25, -0.2) is 0 Å². The average Bonchev–Trinajstić information content (AvgIpc) is 2.88. The third kappa shape index (κ3) is 2.77. The Kier molecular flexibility index (Phi) is 3.19. The van der Waals surface area contributed by atoms with Crippen LogP contribution in [0.25, 0.3) is 0 Å². The van der Waals surface area contributed by atoms with Crippen LogP contribution < -0.4 is 9.47 Å². The Hall–Kier alpha value is -2.68. The van der Waals surface area contributed by atoms with Gasteiger partial charge in [-0.2, -0.15) is 0 Å². The second-order valence-corrected chi connectivity index (χ2v) is 3.93. The van der Waals surface area contributed by atoms with E-state index in [1.807, 2.05) is 60.7 Å². The molecule has 94 valence electrons. The van der Waals surface area contributed by atoms with Crippen LogP contribution in [0.15, 0.2) is 77.6 Å². The third-order valence-electron chi connectivity index (χ3n) is 2.54. The molecule has 0 unspecified atom stereocenters. The molecule has 2 aromatic carbocycles. The minimum atomic E-state index is 0.551. The van der Waals surface area contributed by atoms with Crippen LogP contribution >= 0.6 is 0 Å². The lowest BCUT2D eigenvalue weighted by atomic mass is 10.3. The maximum Gasteiger partial charge on any atom is 0.208 e. The highest BCUT2D eigenvalue weighted by atomic mass is 16.5. The number of hydrogen-bond donors (Lipinski definition) is 0. The van der Waals surface area contributed by atoms with Crippen LogP contribution in [0.2, 0.25) is 0 Å². The summed E-state index contributed by atoms with van der Waals surface area (Å²) in [4.78, 5) is 0. The molecular formula is C16H12O3. The van der Waals surface area contributed by atoms with Crippen molar-refractivity contribution in [2.75, 3.05) is 0 Å². The molecule has 0 fully saturated rings. The molecule has 1 heterocycles. The second kappa shape index (κ2) is 5.31. The van der Waals surface area contributed by atoms with Crippen molar-refractivity contribution < 1.29 is 13.9 Å². The number of benzene rings is 2. The van der Waals surface area contributed by atoms with Crippen molar-refractivity contribution in [2.24, 2.45) is 0 Å². The van der Waals surface area contributed by atoms with Gasteiger partial charge < -0.3 is 13.9 Å². The van der Waals surface area contributed by atoms with E-state index >= 15 is 0 Å². The van der Waals surface area contributed by atoms with Gasteiger partial charge in [0.1, 0.15) is 24.0 Å². The largest absolute Gasteiger partial charge is 0.465 e. The topological polar surface area (TPSA) is 31.6 Å². The molecule has 0 N–H and O–H groups in total. The Balaban J connectivity index is 1.79. The number of furan rings is 1. The Morgan fingerprint density at radius 3 is 1.42 bits per heavy atom. The van der Waals surface area contributed by atoms with E-state index in [1.165, 1.54) is 12.5 Å². The van der Waals surface area contributed by atoms with Gasteiger partial charge in [-0.3, -0.25) is 0 Å². The number of rotatable bonds is 4. The normalized spacial score (nSPS) is 10.1. The standard InChI is InChI=1S/C16H12O3/c1-3-7-13(8-4-1)18-15-11-17-12-16(15)19-14-9-5-2-6-10-14/h1-12H. The van der Waals surface area contributed by atoms with Crippen LogP contribution in [0.4, 0.5) is 0 Å². The van der Waals surface area contributed by atoms with E-state index in [0.29, 0.717) is 11.5 Å². The first-order valence-electron chi connectivity index (χ1n) is 5.94. The first-order valence-corrected chi connectivity index (χ1v) is 5.94. The highest BCUT2D eigenvalue weighted by molar-refractivity contribution is 5.42. The van der Waals surface area contributed by atoms with E-state index < -0.39 is 0 Å². The molecule has 0 spiro atoms. The summed E-state index contributed by atoms with van der Waals surface area (Å²) < 4.78 is 16.5. The van der Waals surface area contributed by atoms with Crippen LogP contribution in [0.5, 0.6) is 23.0 Å². The van der Waals surface area contributed by atoms with Crippen LogP contribution in [0.1, 0.15) is 0 Å². The fraction of sp³-hybridized carbons (Fsp3) is 0. The molecule has 0 saturated carbocycles. The summed E-state index contributed by atoms with van der Waals surface area (Å²) in [5.41, 5.74) is 0. The number of ether oxygens (including phenoxy) is 2. The number of para-hydroxylation sites is 2. The van der Waals surface area contributed by atoms with E-state index in [-0.39, 0.29) is 0 Å². The first-order chi connectivity index (χ1) is 9.42. The van der Waals surface area contributed by atoms with Crippen molar-refractivity contribution in [1.82, 2.24) is 0 Å². The fourth-order valence-corrected chi connectivity index (χ4v) is 1.65. The summed E-state index contributed by atoms with van der Waals surface area (Å²) >= 11 is 0. The highest BCUT2D eigenvalue weighted by Crippen LogP contribution is 2.35. The molecule has 0 aliphatic rings. The Labute approximate surface area is 111 Å². The van der Waals surface area contributed by atoms with Crippen molar-refractivity contribution in [3.63, 3.8) is 0 Å². The van der Waals surface area contributed by atoms with Gasteiger partial charge in [0.2, 0.25) is 11.5 Å². The lowest BCUT2D eigenvalue weighted by Gasteiger charge is -2.06. The van der Waals surface area contributed by atoms with E-state index in [0.717, 1.165) is 11.5 Å². The molecule has 0 saturated heterocycles. The van der Waals surface area contributed by atoms with E-state index in [9.17, 15) is 0 Å². The maximum atomic E-state index is 5.70. The molecule has 0 aliphatic heterocycles. The second-order valence-electron chi connectivity index (χ2n) is 3.93. The van der Waals surface area contributed by atoms with Gasteiger partial charge in [0.05, 0.1) is 0 Å². The predicted octanol–water partition coefficient (Wildman–Crippen LogP) is 4.86. The molecular weight excluding hydrogens is 240 g/mol. The smallest absolute Gasteiger partial charge is 0.208 e. The van der Waals surface area contributed by atoms with Crippen molar-refractivity contribution in [3.8, 4) is 23.0 Å². The molecule has 3 heteroatoms. The molecule has 0 aliphatic carbocycles. The SMILES string of the molecule is c1ccc(Oc2cocc2Oc2ccccc2)cc1.